The Morgan fingerprint density at radius 1 is 1.32 bits per heavy atom. The molecule has 6 heteroatoms. The number of thioether (sulfide) groups is 1. The molecule has 1 aromatic carbocycles. The molecule has 0 saturated carbocycles. The van der Waals surface area contributed by atoms with Crippen molar-refractivity contribution in [2.24, 2.45) is 0 Å². The lowest BCUT2D eigenvalue weighted by molar-refractivity contribution is -0.120. The summed E-state index contributed by atoms with van der Waals surface area (Å²) < 4.78 is 0. The molecule has 0 bridgehead atoms. The van der Waals surface area contributed by atoms with E-state index in [2.05, 4.69) is 10.3 Å². The molecule has 1 aromatic heterocycles. The minimum absolute atomic E-state index is 0.135. The quantitative estimate of drug-likeness (QED) is 0.796. The van der Waals surface area contributed by atoms with Crippen molar-refractivity contribution in [3.8, 4) is 0 Å². The second-order valence-corrected chi connectivity index (χ2v) is 6.54. The third-order valence-electron chi connectivity index (χ3n) is 3.03. The van der Waals surface area contributed by atoms with E-state index in [9.17, 15) is 9.90 Å². The van der Waals surface area contributed by atoms with Crippen LogP contribution in [0.25, 0.3) is 0 Å². The molecule has 2 atom stereocenters. The van der Waals surface area contributed by atoms with Crippen molar-refractivity contribution >= 4 is 29.3 Å². The Labute approximate surface area is 138 Å². The minimum atomic E-state index is -0.756. The SMILES string of the molecule is CC(Sc1ccccn1)C(=O)NCC(O)c1ccc(Cl)cc1. The summed E-state index contributed by atoms with van der Waals surface area (Å²) in [6.45, 7) is 1.97. The van der Waals surface area contributed by atoms with Gasteiger partial charge in [0, 0.05) is 17.8 Å². The molecule has 0 spiro atoms. The molecule has 0 saturated heterocycles. The monoisotopic (exact) mass is 336 g/mol. The van der Waals surface area contributed by atoms with E-state index in [0.29, 0.717) is 5.02 Å². The third kappa shape index (κ3) is 5.02. The topological polar surface area (TPSA) is 62.2 Å². The Morgan fingerprint density at radius 2 is 2.05 bits per heavy atom. The summed E-state index contributed by atoms with van der Waals surface area (Å²) in [5.41, 5.74) is 0.717. The Morgan fingerprint density at radius 3 is 2.68 bits per heavy atom. The highest BCUT2D eigenvalue weighted by atomic mass is 35.5. The summed E-state index contributed by atoms with van der Waals surface area (Å²) in [4.78, 5) is 16.2. The standard InChI is InChI=1S/C16H17ClN2O2S/c1-11(22-15-4-2-3-9-18-15)16(21)19-10-14(20)12-5-7-13(17)8-6-12/h2-9,11,14,20H,10H2,1H3,(H,19,21). The maximum atomic E-state index is 12.0. The lowest BCUT2D eigenvalue weighted by Crippen LogP contribution is -2.34. The third-order valence-corrected chi connectivity index (χ3v) is 4.33. The van der Waals surface area contributed by atoms with E-state index in [1.54, 1.807) is 30.5 Å². The Balaban J connectivity index is 1.82. The first-order chi connectivity index (χ1) is 10.6. The summed E-state index contributed by atoms with van der Waals surface area (Å²) in [6, 6.07) is 12.5. The van der Waals surface area contributed by atoms with Crippen molar-refractivity contribution in [1.82, 2.24) is 10.3 Å². The number of benzene rings is 1. The van der Waals surface area contributed by atoms with E-state index in [4.69, 9.17) is 11.6 Å². The molecule has 0 radical (unpaired) electrons. The van der Waals surface area contributed by atoms with Gasteiger partial charge < -0.3 is 10.4 Å². The summed E-state index contributed by atoms with van der Waals surface area (Å²) in [5, 5.41) is 13.9. The number of rotatable bonds is 6. The van der Waals surface area contributed by atoms with E-state index in [1.807, 2.05) is 25.1 Å². The van der Waals surface area contributed by atoms with Crippen LogP contribution in [0.1, 0.15) is 18.6 Å². The number of carbonyl (C=O) groups is 1. The van der Waals surface area contributed by atoms with E-state index in [1.165, 1.54) is 11.8 Å². The van der Waals surface area contributed by atoms with Crippen LogP contribution in [-0.4, -0.2) is 27.8 Å². The fourth-order valence-electron chi connectivity index (χ4n) is 1.80. The predicted molar refractivity (Wildman–Crippen MR) is 89.0 cm³/mol. The van der Waals surface area contributed by atoms with Gasteiger partial charge in [0.2, 0.25) is 5.91 Å². The van der Waals surface area contributed by atoms with Crippen molar-refractivity contribution in [1.29, 1.82) is 0 Å². The predicted octanol–water partition coefficient (Wildman–Crippen LogP) is 3.07. The van der Waals surface area contributed by atoms with Crippen molar-refractivity contribution in [3.63, 3.8) is 0 Å². The summed E-state index contributed by atoms with van der Waals surface area (Å²) in [6.07, 6.45) is 0.935. The van der Waals surface area contributed by atoms with Crippen LogP contribution in [-0.2, 0) is 4.79 Å². The lowest BCUT2D eigenvalue weighted by atomic mass is 10.1. The molecule has 2 aromatic rings. The Hall–Kier alpha value is -1.56. The van der Waals surface area contributed by atoms with Crippen LogP contribution < -0.4 is 5.32 Å². The molecular formula is C16H17ClN2O2S. The number of halogens is 1. The Bertz CT molecular complexity index is 607. The first kappa shape index (κ1) is 16.8. The van der Waals surface area contributed by atoms with Crippen LogP contribution >= 0.6 is 23.4 Å². The molecule has 2 N–H and O–H groups in total. The molecule has 0 fully saturated rings. The van der Waals surface area contributed by atoms with Crippen LogP contribution in [0.2, 0.25) is 5.02 Å². The largest absolute Gasteiger partial charge is 0.387 e. The highest BCUT2D eigenvalue weighted by Gasteiger charge is 2.16. The maximum absolute atomic E-state index is 12.0. The first-order valence-electron chi connectivity index (χ1n) is 6.85. The fraction of sp³-hybridized carbons (Fsp3) is 0.250. The average molecular weight is 337 g/mol. The van der Waals surface area contributed by atoms with Gasteiger partial charge in [0.1, 0.15) is 0 Å². The van der Waals surface area contributed by atoms with Crippen LogP contribution in [0, 0.1) is 0 Å². The second-order valence-electron chi connectivity index (χ2n) is 4.74. The molecule has 4 nitrogen and oxygen atoms in total. The molecule has 0 aliphatic rings. The summed E-state index contributed by atoms with van der Waals surface area (Å²) in [7, 11) is 0. The molecule has 2 unspecified atom stereocenters. The van der Waals surface area contributed by atoms with Gasteiger partial charge in [-0.05, 0) is 36.8 Å². The Kier molecular flexibility index (Phi) is 6.24. The molecule has 2 rings (SSSR count). The summed E-state index contributed by atoms with van der Waals surface area (Å²) in [5.74, 6) is -0.135. The second kappa shape index (κ2) is 8.17. The van der Waals surface area contributed by atoms with Crippen molar-refractivity contribution in [2.45, 2.75) is 23.3 Å². The zero-order valence-electron chi connectivity index (χ0n) is 12.1. The lowest BCUT2D eigenvalue weighted by Gasteiger charge is -2.15. The van der Waals surface area contributed by atoms with Crippen molar-refractivity contribution in [2.75, 3.05) is 6.54 Å². The highest BCUT2D eigenvalue weighted by molar-refractivity contribution is 8.00. The van der Waals surface area contributed by atoms with Gasteiger partial charge in [0.05, 0.1) is 16.4 Å². The highest BCUT2D eigenvalue weighted by Crippen LogP contribution is 2.21. The number of aromatic nitrogens is 1. The van der Waals surface area contributed by atoms with Crippen LogP contribution in [0.4, 0.5) is 0 Å². The molecule has 116 valence electrons. The van der Waals surface area contributed by atoms with Gasteiger partial charge in [-0.3, -0.25) is 4.79 Å². The minimum Gasteiger partial charge on any atom is -0.387 e. The van der Waals surface area contributed by atoms with E-state index < -0.39 is 6.10 Å². The molecule has 1 amide bonds. The molecular weight excluding hydrogens is 320 g/mol. The van der Waals surface area contributed by atoms with Gasteiger partial charge in [-0.1, -0.05) is 41.6 Å². The number of aliphatic hydroxyl groups excluding tert-OH is 1. The molecule has 1 heterocycles. The number of carbonyl (C=O) groups excluding carboxylic acids is 1. The van der Waals surface area contributed by atoms with Crippen molar-refractivity contribution in [3.05, 3.63) is 59.2 Å². The fourth-order valence-corrected chi connectivity index (χ4v) is 2.75. The van der Waals surface area contributed by atoms with Crippen LogP contribution in [0.3, 0.4) is 0 Å². The molecule has 22 heavy (non-hydrogen) atoms. The van der Waals surface area contributed by atoms with E-state index >= 15 is 0 Å². The van der Waals surface area contributed by atoms with E-state index in [0.717, 1.165) is 10.6 Å². The number of pyridine rings is 1. The zero-order valence-corrected chi connectivity index (χ0v) is 13.6. The number of aliphatic hydroxyl groups is 1. The molecule has 0 aliphatic carbocycles. The van der Waals surface area contributed by atoms with Crippen LogP contribution in [0.5, 0.6) is 0 Å². The van der Waals surface area contributed by atoms with Gasteiger partial charge in [0.15, 0.2) is 0 Å². The number of nitrogens with one attached hydrogen (secondary N) is 1. The van der Waals surface area contributed by atoms with Crippen LogP contribution in [0.15, 0.2) is 53.7 Å². The van der Waals surface area contributed by atoms with Crippen molar-refractivity contribution < 1.29 is 9.90 Å². The average Bonchev–Trinajstić information content (AvgIpc) is 2.53. The first-order valence-corrected chi connectivity index (χ1v) is 8.11. The normalized spacial score (nSPS) is 13.4. The van der Waals surface area contributed by atoms with Gasteiger partial charge in [-0.15, -0.1) is 0 Å². The summed E-state index contributed by atoms with van der Waals surface area (Å²) >= 11 is 7.18. The number of hydrogen-bond donors (Lipinski definition) is 2. The molecule has 0 aliphatic heterocycles. The van der Waals surface area contributed by atoms with Gasteiger partial charge >= 0.3 is 0 Å². The zero-order chi connectivity index (χ0) is 15.9. The number of amides is 1. The smallest absolute Gasteiger partial charge is 0.233 e. The number of hydrogen-bond acceptors (Lipinski definition) is 4. The maximum Gasteiger partial charge on any atom is 0.233 e. The number of nitrogens with zero attached hydrogens (tertiary/aromatic N) is 1. The van der Waals surface area contributed by atoms with Gasteiger partial charge in [-0.2, -0.15) is 0 Å². The van der Waals surface area contributed by atoms with Gasteiger partial charge in [0.25, 0.3) is 0 Å². The van der Waals surface area contributed by atoms with E-state index in [-0.39, 0.29) is 17.7 Å². The van der Waals surface area contributed by atoms with Gasteiger partial charge in [-0.25, -0.2) is 4.98 Å².